The third kappa shape index (κ3) is 4.77. The molecule has 4 rings (SSSR count). The van der Waals surface area contributed by atoms with Gasteiger partial charge in [-0.1, -0.05) is 0 Å². The summed E-state index contributed by atoms with van der Waals surface area (Å²) in [4.78, 5) is 27.8. The minimum Gasteiger partial charge on any atom is -0.356 e. The Kier molecular flexibility index (Phi) is 5.96. The summed E-state index contributed by atoms with van der Waals surface area (Å²) < 4.78 is 26.7. The van der Waals surface area contributed by atoms with Crippen molar-refractivity contribution in [2.45, 2.75) is 26.2 Å². The Morgan fingerprint density at radius 1 is 0.867 bits per heavy atom. The number of rotatable bonds is 3. The molecule has 0 aliphatic carbocycles. The summed E-state index contributed by atoms with van der Waals surface area (Å²) in [5.74, 6) is 0.195. The number of hydrogen-bond donors (Lipinski definition) is 1. The molecule has 0 bridgehead atoms. The van der Waals surface area contributed by atoms with Crippen LogP contribution in [0.2, 0.25) is 0 Å². The van der Waals surface area contributed by atoms with Gasteiger partial charge in [-0.05, 0) is 38.3 Å². The SMILES string of the molecule is Cc1cc(N2CCCCC2)nc(N2CCN(C(=O)Nc3cc(F)cc(F)c3)CC2)n1. The van der Waals surface area contributed by atoms with Crippen molar-refractivity contribution in [1.82, 2.24) is 14.9 Å². The molecule has 0 saturated carbocycles. The summed E-state index contributed by atoms with van der Waals surface area (Å²) in [5.41, 5.74) is 1.03. The van der Waals surface area contributed by atoms with Crippen molar-refractivity contribution >= 4 is 23.5 Å². The van der Waals surface area contributed by atoms with E-state index in [4.69, 9.17) is 4.98 Å². The van der Waals surface area contributed by atoms with E-state index in [1.165, 1.54) is 19.3 Å². The van der Waals surface area contributed by atoms with Crippen LogP contribution in [0.1, 0.15) is 25.0 Å². The van der Waals surface area contributed by atoms with Crippen molar-refractivity contribution in [3.8, 4) is 0 Å². The van der Waals surface area contributed by atoms with Gasteiger partial charge >= 0.3 is 6.03 Å². The number of halogens is 2. The third-order valence-electron chi connectivity index (χ3n) is 5.47. The molecular formula is C21H26F2N6O. The summed E-state index contributed by atoms with van der Waals surface area (Å²) in [7, 11) is 0. The van der Waals surface area contributed by atoms with Crippen LogP contribution < -0.4 is 15.1 Å². The third-order valence-corrected chi connectivity index (χ3v) is 5.47. The van der Waals surface area contributed by atoms with Crippen molar-refractivity contribution in [2.75, 3.05) is 54.4 Å². The summed E-state index contributed by atoms with van der Waals surface area (Å²) in [6.07, 6.45) is 3.63. The molecule has 2 amide bonds. The number of aryl methyl sites for hydroxylation is 1. The molecular weight excluding hydrogens is 390 g/mol. The van der Waals surface area contributed by atoms with Gasteiger partial charge in [0.1, 0.15) is 17.5 Å². The van der Waals surface area contributed by atoms with Crippen LogP contribution in [-0.4, -0.2) is 60.2 Å². The van der Waals surface area contributed by atoms with Crippen LogP contribution in [-0.2, 0) is 0 Å². The fourth-order valence-corrected chi connectivity index (χ4v) is 3.90. The molecule has 1 aromatic heterocycles. The second-order valence-corrected chi connectivity index (χ2v) is 7.78. The van der Waals surface area contributed by atoms with E-state index in [0.717, 1.165) is 42.8 Å². The van der Waals surface area contributed by atoms with Gasteiger partial charge in [0.25, 0.3) is 0 Å². The Balaban J connectivity index is 1.38. The Hall–Kier alpha value is -2.97. The van der Waals surface area contributed by atoms with E-state index >= 15 is 0 Å². The minimum atomic E-state index is -0.726. The fourth-order valence-electron chi connectivity index (χ4n) is 3.90. The van der Waals surface area contributed by atoms with E-state index in [2.05, 4.69) is 20.1 Å². The van der Waals surface area contributed by atoms with Gasteiger partial charge in [-0.2, -0.15) is 4.98 Å². The number of piperidine rings is 1. The number of hydrogen-bond acceptors (Lipinski definition) is 5. The van der Waals surface area contributed by atoms with Crippen LogP contribution in [0.15, 0.2) is 24.3 Å². The lowest BCUT2D eigenvalue weighted by Crippen LogP contribution is -2.50. The molecule has 2 saturated heterocycles. The number of carbonyl (C=O) groups excluding carboxylic acids is 1. The second kappa shape index (κ2) is 8.81. The highest BCUT2D eigenvalue weighted by Gasteiger charge is 2.24. The molecule has 30 heavy (non-hydrogen) atoms. The second-order valence-electron chi connectivity index (χ2n) is 7.78. The molecule has 0 unspecified atom stereocenters. The number of carbonyl (C=O) groups is 1. The van der Waals surface area contributed by atoms with Crippen LogP contribution in [0.25, 0.3) is 0 Å². The van der Waals surface area contributed by atoms with Crippen LogP contribution >= 0.6 is 0 Å². The van der Waals surface area contributed by atoms with Crippen molar-refractivity contribution in [2.24, 2.45) is 0 Å². The van der Waals surface area contributed by atoms with Crippen LogP contribution in [0.3, 0.4) is 0 Å². The summed E-state index contributed by atoms with van der Waals surface area (Å²) >= 11 is 0. The molecule has 1 aromatic carbocycles. The lowest BCUT2D eigenvalue weighted by molar-refractivity contribution is 0.208. The van der Waals surface area contributed by atoms with E-state index in [9.17, 15) is 13.6 Å². The topological polar surface area (TPSA) is 64.6 Å². The largest absolute Gasteiger partial charge is 0.356 e. The number of benzene rings is 1. The van der Waals surface area contributed by atoms with Gasteiger partial charge in [0.05, 0.1) is 0 Å². The first-order valence-corrected chi connectivity index (χ1v) is 10.4. The maximum atomic E-state index is 13.3. The maximum absolute atomic E-state index is 13.3. The number of amides is 2. The van der Waals surface area contributed by atoms with Crippen molar-refractivity contribution in [3.05, 3.63) is 41.6 Å². The Morgan fingerprint density at radius 3 is 2.20 bits per heavy atom. The molecule has 1 N–H and O–H groups in total. The average Bonchev–Trinajstić information content (AvgIpc) is 2.73. The van der Waals surface area contributed by atoms with Gasteiger partial charge in [-0.3, -0.25) is 0 Å². The lowest BCUT2D eigenvalue weighted by atomic mass is 10.1. The van der Waals surface area contributed by atoms with E-state index in [-0.39, 0.29) is 11.7 Å². The van der Waals surface area contributed by atoms with Crippen LogP contribution in [0.4, 0.5) is 31.0 Å². The van der Waals surface area contributed by atoms with Gasteiger partial charge in [0.2, 0.25) is 5.95 Å². The van der Waals surface area contributed by atoms with Crippen molar-refractivity contribution < 1.29 is 13.6 Å². The first-order valence-electron chi connectivity index (χ1n) is 10.4. The minimum absolute atomic E-state index is 0.105. The maximum Gasteiger partial charge on any atom is 0.321 e. The van der Waals surface area contributed by atoms with E-state index in [0.29, 0.717) is 32.1 Å². The number of piperazine rings is 1. The predicted molar refractivity (Wildman–Crippen MR) is 112 cm³/mol. The van der Waals surface area contributed by atoms with Crippen LogP contribution in [0.5, 0.6) is 0 Å². The number of nitrogens with zero attached hydrogens (tertiary/aromatic N) is 5. The lowest BCUT2D eigenvalue weighted by Gasteiger charge is -2.35. The molecule has 3 heterocycles. The number of nitrogens with one attached hydrogen (secondary N) is 1. The first-order chi connectivity index (χ1) is 14.5. The van der Waals surface area contributed by atoms with Gasteiger partial charge in [-0.25, -0.2) is 18.6 Å². The van der Waals surface area contributed by atoms with Gasteiger partial charge in [-0.15, -0.1) is 0 Å². The number of aromatic nitrogens is 2. The van der Waals surface area contributed by atoms with Gasteiger partial charge in [0.15, 0.2) is 0 Å². The Labute approximate surface area is 174 Å². The van der Waals surface area contributed by atoms with E-state index in [1.54, 1.807) is 4.90 Å². The molecule has 2 aliphatic rings. The average molecular weight is 416 g/mol. The van der Waals surface area contributed by atoms with E-state index in [1.807, 2.05) is 13.0 Å². The highest BCUT2D eigenvalue weighted by molar-refractivity contribution is 5.89. The fraction of sp³-hybridized carbons (Fsp3) is 0.476. The highest BCUT2D eigenvalue weighted by Crippen LogP contribution is 2.22. The highest BCUT2D eigenvalue weighted by atomic mass is 19.1. The Bertz CT molecular complexity index is 890. The first kappa shape index (κ1) is 20.3. The number of urea groups is 1. The molecule has 7 nitrogen and oxygen atoms in total. The quantitative estimate of drug-likeness (QED) is 0.831. The molecule has 0 atom stereocenters. The molecule has 2 fully saturated rings. The smallest absolute Gasteiger partial charge is 0.321 e. The van der Waals surface area contributed by atoms with Crippen LogP contribution in [0, 0.1) is 18.6 Å². The number of anilines is 3. The summed E-state index contributed by atoms with van der Waals surface area (Å²) in [5, 5.41) is 2.56. The summed E-state index contributed by atoms with van der Waals surface area (Å²) in [6.45, 7) is 6.14. The molecule has 0 spiro atoms. The zero-order valence-electron chi connectivity index (χ0n) is 17.1. The molecule has 9 heteroatoms. The summed E-state index contributed by atoms with van der Waals surface area (Å²) in [6, 6.07) is 4.61. The van der Waals surface area contributed by atoms with E-state index < -0.39 is 11.6 Å². The van der Waals surface area contributed by atoms with Crippen molar-refractivity contribution in [3.63, 3.8) is 0 Å². The normalized spacial score (nSPS) is 17.2. The van der Waals surface area contributed by atoms with Gasteiger partial charge in [0, 0.05) is 62.8 Å². The monoisotopic (exact) mass is 416 g/mol. The molecule has 2 aliphatic heterocycles. The molecule has 0 radical (unpaired) electrons. The predicted octanol–water partition coefficient (Wildman–Crippen LogP) is 3.41. The van der Waals surface area contributed by atoms with Gasteiger partial charge < -0.3 is 20.0 Å². The zero-order chi connectivity index (χ0) is 21.1. The molecule has 2 aromatic rings. The zero-order valence-corrected chi connectivity index (χ0v) is 17.1. The Morgan fingerprint density at radius 2 is 1.53 bits per heavy atom. The molecule has 160 valence electrons. The standard InChI is InChI=1S/C21H26F2N6O/c1-15-11-19(27-5-3-2-4-6-27)26-20(24-15)28-7-9-29(10-8-28)21(30)25-18-13-16(22)12-17(23)14-18/h11-14H,2-10H2,1H3,(H,25,30). The van der Waals surface area contributed by atoms with Crippen molar-refractivity contribution in [1.29, 1.82) is 0 Å².